The molecule has 0 saturated heterocycles. The van der Waals surface area contributed by atoms with E-state index in [2.05, 4.69) is 25.7 Å². The third kappa shape index (κ3) is 2.61. The van der Waals surface area contributed by atoms with E-state index >= 15 is 0 Å². The molecule has 6 nitrogen and oxygen atoms in total. The Kier molecular flexibility index (Phi) is 2.87. The molecule has 1 fully saturated rings. The number of rotatable bonds is 4. The predicted octanol–water partition coefficient (Wildman–Crippen LogP) is 2.03. The van der Waals surface area contributed by atoms with Gasteiger partial charge in [0.25, 0.3) is 0 Å². The zero-order valence-electron chi connectivity index (χ0n) is 11.7. The lowest BCUT2D eigenvalue weighted by Gasteiger charge is -2.13. The molecule has 1 saturated carbocycles. The zero-order chi connectivity index (χ0) is 14.2. The number of nitrogens with two attached hydrogens (primary N) is 1. The Labute approximate surface area is 122 Å². The molecule has 2 N–H and O–H groups in total. The second kappa shape index (κ2) is 4.87. The number of ether oxygens (including phenoxy) is 1. The van der Waals surface area contributed by atoms with E-state index in [0.717, 1.165) is 30.3 Å². The first-order valence-corrected chi connectivity index (χ1v) is 7.26. The van der Waals surface area contributed by atoms with Gasteiger partial charge < -0.3 is 15.0 Å². The Balaban J connectivity index is 1.47. The number of hydrogen-bond donors (Lipinski definition) is 1. The second-order valence-electron chi connectivity index (χ2n) is 5.58. The maximum absolute atomic E-state index is 5.61. The van der Waals surface area contributed by atoms with Gasteiger partial charge in [0.1, 0.15) is 12.4 Å². The maximum atomic E-state index is 5.61. The van der Waals surface area contributed by atoms with Crippen molar-refractivity contribution in [2.45, 2.75) is 32.3 Å². The number of aryl methyl sites for hydroxylation is 1. The number of nitrogens with zero attached hydrogens (tertiary/aromatic N) is 4. The van der Waals surface area contributed by atoms with Gasteiger partial charge in [-0.1, -0.05) is 0 Å². The van der Waals surface area contributed by atoms with Crippen molar-refractivity contribution in [1.82, 2.24) is 19.5 Å². The van der Waals surface area contributed by atoms with Crippen LogP contribution in [0.3, 0.4) is 0 Å². The molecule has 2 aromatic rings. The summed E-state index contributed by atoms with van der Waals surface area (Å²) in [5.41, 5.74) is 8.01. The highest BCUT2D eigenvalue weighted by molar-refractivity contribution is 5.40. The van der Waals surface area contributed by atoms with Crippen molar-refractivity contribution in [3.63, 3.8) is 0 Å². The van der Waals surface area contributed by atoms with E-state index in [1.54, 1.807) is 17.8 Å². The third-order valence-electron chi connectivity index (χ3n) is 3.92. The molecule has 0 radical (unpaired) electrons. The standard InChI is InChI=1S/C15H17N5O/c16-15-17-6-5-14(19-15)21-9-12-8-20-7-11(10-1-2-10)3-4-13(20)18-12/h5-8,10H,1-4,9H2,(H2,16,17,19). The number of fused-ring (bicyclic) bond motifs is 1. The van der Waals surface area contributed by atoms with Crippen molar-refractivity contribution in [3.8, 4) is 5.88 Å². The normalized spacial score (nSPS) is 17.2. The summed E-state index contributed by atoms with van der Waals surface area (Å²) in [5.74, 6) is 2.63. The van der Waals surface area contributed by atoms with Gasteiger partial charge in [0.15, 0.2) is 0 Å². The van der Waals surface area contributed by atoms with E-state index in [1.807, 2.05) is 6.20 Å². The molecule has 4 rings (SSSR count). The molecular formula is C15H17N5O. The van der Waals surface area contributed by atoms with Crippen LogP contribution in [0.25, 0.3) is 6.20 Å². The van der Waals surface area contributed by atoms with Gasteiger partial charge in [-0.25, -0.2) is 9.97 Å². The van der Waals surface area contributed by atoms with Gasteiger partial charge in [0.05, 0.1) is 5.69 Å². The lowest BCUT2D eigenvalue weighted by molar-refractivity contribution is 0.289. The summed E-state index contributed by atoms with van der Waals surface area (Å²) in [4.78, 5) is 12.5. The van der Waals surface area contributed by atoms with Crippen LogP contribution in [0.2, 0.25) is 0 Å². The van der Waals surface area contributed by atoms with E-state index in [9.17, 15) is 0 Å². The van der Waals surface area contributed by atoms with Gasteiger partial charge in [-0.15, -0.1) is 0 Å². The smallest absolute Gasteiger partial charge is 0.223 e. The monoisotopic (exact) mass is 283 g/mol. The highest BCUT2D eigenvalue weighted by atomic mass is 16.5. The van der Waals surface area contributed by atoms with Crippen LogP contribution < -0.4 is 10.5 Å². The molecule has 21 heavy (non-hydrogen) atoms. The SMILES string of the molecule is Nc1nccc(OCc2cn3c(n2)CCC(C2CC2)=C3)n1. The summed E-state index contributed by atoms with van der Waals surface area (Å²) in [5, 5.41) is 0. The molecule has 6 heteroatoms. The van der Waals surface area contributed by atoms with E-state index in [-0.39, 0.29) is 5.95 Å². The van der Waals surface area contributed by atoms with E-state index in [4.69, 9.17) is 10.5 Å². The van der Waals surface area contributed by atoms with Crippen molar-refractivity contribution >= 4 is 12.1 Å². The zero-order valence-corrected chi connectivity index (χ0v) is 11.7. The Morgan fingerprint density at radius 1 is 1.29 bits per heavy atom. The van der Waals surface area contributed by atoms with Crippen molar-refractivity contribution in [1.29, 1.82) is 0 Å². The van der Waals surface area contributed by atoms with Crippen molar-refractivity contribution < 1.29 is 4.74 Å². The number of nitrogen functional groups attached to an aromatic ring is 1. The summed E-state index contributed by atoms with van der Waals surface area (Å²) in [6.45, 7) is 0.392. The van der Waals surface area contributed by atoms with E-state index in [1.165, 1.54) is 12.8 Å². The van der Waals surface area contributed by atoms with Gasteiger partial charge in [-0.05, 0) is 30.8 Å². The van der Waals surface area contributed by atoms with Crippen LogP contribution in [0.4, 0.5) is 5.95 Å². The van der Waals surface area contributed by atoms with Crippen LogP contribution in [0.15, 0.2) is 24.0 Å². The maximum Gasteiger partial charge on any atom is 0.223 e. The molecule has 2 aliphatic rings. The quantitative estimate of drug-likeness (QED) is 0.928. The van der Waals surface area contributed by atoms with Crippen molar-refractivity contribution in [3.05, 3.63) is 35.6 Å². The van der Waals surface area contributed by atoms with Crippen LogP contribution in [-0.4, -0.2) is 19.5 Å². The van der Waals surface area contributed by atoms with Crippen LogP contribution in [0, 0.1) is 5.92 Å². The Morgan fingerprint density at radius 2 is 2.19 bits per heavy atom. The lowest BCUT2D eigenvalue weighted by atomic mass is 10.0. The van der Waals surface area contributed by atoms with Gasteiger partial charge in [-0.2, -0.15) is 4.98 Å². The molecule has 0 unspecified atom stereocenters. The van der Waals surface area contributed by atoms with Crippen molar-refractivity contribution in [2.75, 3.05) is 5.73 Å². The molecule has 1 aliphatic heterocycles. The molecule has 1 aliphatic carbocycles. The first-order chi connectivity index (χ1) is 10.3. The minimum absolute atomic E-state index is 0.216. The number of anilines is 1. The average Bonchev–Trinajstić information content (AvgIpc) is 3.25. The molecule has 0 spiro atoms. The minimum Gasteiger partial charge on any atom is -0.471 e. The second-order valence-corrected chi connectivity index (χ2v) is 5.58. The average molecular weight is 283 g/mol. The Hall–Kier alpha value is -2.37. The first-order valence-electron chi connectivity index (χ1n) is 7.26. The number of hydrogen-bond acceptors (Lipinski definition) is 5. The van der Waals surface area contributed by atoms with Crippen LogP contribution in [0.5, 0.6) is 5.88 Å². The number of imidazole rings is 1. The minimum atomic E-state index is 0.216. The van der Waals surface area contributed by atoms with Crippen LogP contribution in [-0.2, 0) is 13.0 Å². The fraction of sp³-hybridized carbons (Fsp3) is 0.400. The summed E-state index contributed by atoms with van der Waals surface area (Å²) in [7, 11) is 0. The summed E-state index contributed by atoms with van der Waals surface area (Å²) in [6, 6.07) is 1.69. The molecule has 108 valence electrons. The predicted molar refractivity (Wildman–Crippen MR) is 78.3 cm³/mol. The third-order valence-corrected chi connectivity index (χ3v) is 3.92. The largest absolute Gasteiger partial charge is 0.471 e. The summed E-state index contributed by atoms with van der Waals surface area (Å²) >= 11 is 0. The fourth-order valence-electron chi connectivity index (χ4n) is 2.70. The fourth-order valence-corrected chi connectivity index (χ4v) is 2.70. The topological polar surface area (TPSA) is 78.9 Å². The van der Waals surface area contributed by atoms with Gasteiger partial charge >= 0.3 is 0 Å². The first kappa shape index (κ1) is 12.4. The van der Waals surface area contributed by atoms with Crippen LogP contribution >= 0.6 is 0 Å². The molecule has 0 atom stereocenters. The van der Waals surface area contributed by atoms with E-state index in [0.29, 0.717) is 12.5 Å². The lowest BCUT2D eigenvalue weighted by Crippen LogP contribution is -2.05. The van der Waals surface area contributed by atoms with Gasteiger partial charge in [-0.3, -0.25) is 0 Å². The molecule has 3 heterocycles. The highest BCUT2D eigenvalue weighted by Crippen LogP contribution is 2.40. The molecule has 0 aromatic carbocycles. The van der Waals surface area contributed by atoms with Crippen molar-refractivity contribution in [2.24, 2.45) is 5.92 Å². The summed E-state index contributed by atoms with van der Waals surface area (Å²) < 4.78 is 7.75. The Bertz CT molecular complexity index is 702. The summed E-state index contributed by atoms with van der Waals surface area (Å²) in [6.07, 6.45) is 10.7. The number of allylic oxidation sites excluding steroid dienone is 1. The molecule has 0 amide bonds. The number of aromatic nitrogens is 4. The van der Waals surface area contributed by atoms with Gasteiger partial charge in [0, 0.05) is 31.1 Å². The molecule has 2 aromatic heterocycles. The molecular weight excluding hydrogens is 266 g/mol. The van der Waals surface area contributed by atoms with Crippen LogP contribution in [0.1, 0.15) is 30.8 Å². The Morgan fingerprint density at radius 3 is 3.00 bits per heavy atom. The highest BCUT2D eigenvalue weighted by Gasteiger charge is 2.28. The van der Waals surface area contributed by atoms with E-state index < -0.39 is 0 Å². The molecule has 0 bridgehead atoms. The van der Waals surface area contributed by atoms with Gasteiger partial charge in [0.2, 0.25) is 11.8 Å².